The van der Waals surface area contributed by atoms with Gasteiger partial charge in [-0.3, -0.25) is 9.48 Å². The van der Waals surface area contributed by atoms with Crippen LogP contribution in [0.2, 0.25) is 0 Å². The molecule has 2 rings (SSSR count). The highest BCUT2D eigenvalue weighted by Gasteiger charge is 2.43. The van der Waals surface area contributed by atoms with Crippen LogP contribution < -0.4 is 0 Å². The number of carboxylic acids is 1. The number of nitrogens with zero attached hydrogens (tertiary/aromatic N) is 3. The van der Waals surface area contributed by atoms with E-state index in [0.717, 1.165) is 5.82 Å². The van der Waals surface area contributed by atoms with Gasteiger partial charge in [0, 0.05) is 19.6 Å². The van der Waals surface area contributed by atoms with Crippen LogP contribution >= 0.6 is 0 Å². The molecule has 0 amide bonds. The van der Waals surface area contributed by atoms with E-state index in [4.69, 9.17) is 4.74 Å². The lowest BCUT2D eigenvalue weighted by molar-refractivity contribution is -0.149. The third-order valence-electron chi connectivity index (χ3n) is 3.05. The first-order chi connectivity index (χ1) is 7.68. The Morgan fingerprint density at radius 3 is 3.12 bits per heavy atom. The molecule has 1 saturated heterocycles. The van der Waals surface area contributed by atoms with Crippen LogP contribution in [0.25, 0.3) is 0 Å². The highest BCUT2D eigenvalue weighted by atomic mass is 16.5. The van der Waals surface area contributed by atoms with Crippen LogP contribution in [0.4, 0.5) is 0 Å². The smallest absolute Gasteiger partial charge is 0.312 e. The second kappa shape index (κ2) is 4.21. The maximum absolute atomic E-state index is 11.3. The van der Waals surface area contributed by atoms with Crippen LogP contribution in [0.1, 0.15) is 19.2 Å². The highest BCUT2D eigenvalue weighted by molar-refractivity contribution is 5.75. The fourth-order valence-corrected chi connectivity index (χ4v) is 1.98. The van der Waals surface area contributed by atoms with E-state index in [0.29, 0.717) is 26.0 Å². The van der Waals surface area contributed by atoms with Crippen molar-refractivity contribution in [2.24, 2.45) is 5.41 Å². The fourth-order valence-electron chi connectivity index (χ4n) is 1.98. The molecule has 6 nitrogen and oxygen atoms in total. The van der Waals surface area contributed by atoms with Crippen molar-refractivity contribution in [1.82, 2.24) is 14.8 Å². The molecule has 0 aliphatic carbocycles. The zero-order valence-corrected chi connectivity index (χ0v) is 9.22. The van der Waals surface area contributed by atoms with E-state index in [2.05, 4.69) is 10.1 Å². The number of ether oxygens (including phenoxy) is 1. The Morgan fingerprint density at radius 1 is 1.75 bits per heavy atom. The first-order valence-electron chi connectivity index (χ1n) is 5.36. The van der Waals surface area contributed by atoms with Gasteiger partial charge in [0.25, 0.3) is 0 Å². The minimum atomic E-state index is -0.819. The van der Waals surface area contributed by atoms with Crippen molar-refractivity contribution in [2.75, 3.05) is 13.2 Å². The van der Waals surface area contributed by atoms with Crippen LogP contribution in [-0.2, 0) is 22.5 Å². The van der Waals surface area contributed by atoms with Gasteiger partial charge in [-0.1, -0.05) is 0 Å². The molecular formula is C10H15N3O3. The lowest BCUT2D eigenvalue weighted by Crippen LogP contribution is -2.35. The van der Waals surface area contributed by atoms with Gasteiger partial charge < -0.3 is 9.84 Å². The Labute approximate surface area is 93.2 Å². The summed E-state index contributed by atoms with van der Waals surface area (Å²) >= 11 is 0. The predicted octanol–water partition coefficient (Wildman–Crippen LogP) is 0.332. The Hall–Kier alpha value is -1.43. The molecule has 16 heavy (non-hydrogen) atoms. The highest BCUT2D eigenvalue weighted by Crippen LogP contribution is 2.32. The van der Waals surface area contributed by atoms with Crippen molar-refractivity contribution in [2.45, 2.75) is 26.3 Å². The van der Waals surface area contributed by atoms with E-state index < -0.39 is 11.4 Å². The molecule has 0 aromatic carbocycles. The van der Waals surface area contributed by atoms with Gasteiger partial charge in [-0.25, -0.2) is 4.98 Å². The summed E-state index contributed by atoms with van der Waals surface area (Å²) in [6.45, 7) is 3.42. The molecule has 1 N–H and O–H groups in total. The van der Waals surface area contributed by atoms with Crippen molar-refractivity contribution < 1.29 is 14.6 Å². The molecule has 0 bridgehead atoms. The lowest BCUT2D eigenvalue weighted by Gasteiger charge is -2.21. The number of carboxylic acid groups (broad SMARTS) is 1. The van der Waals surface area contributed by atoms with Crippen molar-refractivity contribution >= 4 is 5.97 Å². The van der Waals surface area contributed by atoms with Crippen LogP contribution in [0.15, 0.2) is 6.33 Å². The van der Waals surface area contributed by atoms with E-state index in [1.54, 1.807) is 4.68 Å². The van der Waals surface area contributed by atoms with Gasteiger partial charge in [0.15, 0.2) is 0 Å². The zero-order valence-electron chi connectivity index (χ0n) is 9.22. The zero-order chi connectivity index (χ0) is 11.6. The standard InChI is InChI=1S/C10H15N3O3/c1-2-13-8(11-7-12-13)5-10(9(14)15)3-4-16-6-10/h7H,2-6H2,1H3,(H,14,15). The van der Waals surface area contributed by atoms with Crippen molar-refractivity contribution in [3.8, 4) is 0 Å². The molecule has 1 atom stereocenters. The summed E-state index contributed by atoms with van der Waals surface area (Å²) in [6.07, 6.45) is 2.39. The summed E-state index contributed by atoms with van der Waals surface area (Å²) in [5.74, 6) is -0.0916. The minimum absolute atomic E-state index is 0.263. The van der Waals surface area contributed by atoms with Crippen molar-refractivity contribution in [3.05, 3.63) is 12.2 Å². The van der Waals surface area contributed by atoms with E-state index >= 15 is 0 Å². The average molecular weight is 225 g/mol. The van der Waals surface area contributed by atoms with Gasteiger partial charge in [0.05, 0.1) is 6.61 Å². The normalized spacial score (nSPS) is 24.8. The van der Waals surface area contributed by atoms with Crippen LogP contribution in [0.3, 0.4) is 0 Å². The monoisotopic (exact) mass is 225 g/mol. The third kappa shape index (κ3) is 1.80. The minimum Gasteiger partial charge on any atom is -0.481 e. The van der Waals surface area contributed by atoms with E-state index in [-0.39, 0.29) is 6.61 Å². The molecule has 1 aromatic rings. The topological polar surface area (TPSA) is 77.2 Å². The largest absolute Gasteiger partial charge is 0.481 e. The first kappa shape index (κ1) is 11.1. The predicted molar refractivity (Wildman–Crippen MR) is 54.9 cm³/mol. The van der Waals surface area contributed by atoms with Gasteiger partial charge in [0.2, 0.25) is 0 Å². The van der Waals surface area contributed by atoms with E-state index in [1.807, 2.05) is 6.92 Å². The van der Waals surface area contributed by atoms with Gasteiger partial charge in [0.1, 0.15) is 17.6 Å². The Kier molecular flexibility index (Phi) is 2.91. The Morgan fingerprint density at radius 2 is 2.56 bits per heavy atom. The summed E-state index contributed by atoms with van der Waals surface area (Å²) in [7, 11) is 0. The average Bonchev–Trinajstić information content (AvgIpc) is 2.88. The molecule has 0 spiro atoms. The Balaban J connectivity index is 2.21. The maximum atomic E-state index is 11.3. The molecule has 1 aliphatic heterocycles. The van der Waals surface area contributed by atoms with Crippen LogP contribution in [0.5, 0.6) is 0 Å². The molecule has 2 heterocycles. The Bertz CT molecular complexity index is 382. The number of hydrogen-bond acceptors (Lipinski definition) is 4. The summed E-state index contributed by atoms with van der Waals surface area (Å²) in [4.78, 5) is 15.4. The summed E-state index contributed by atoms with van der Waals surface area (Å²) < 4.78 is 6.93. The molecule has 1 aliphatic rings. The number of aryl methyl sites for hydroxylation is 1. The SMILES string of the molecule is CCn1ncnc1CC1(C(=O)O)CCOC1. The molecule has 1 aromatic heterocycles. The van der Waals surface area contributed by atoms with E-state index in [9.17, 15) is 9.90 Å². The van der Waals surface area contributed by atoms with Crippen molar-refractivity contribution in [3.63, 3.8) is 0 Å². The van der Waals surface area contributed by atoms with E-state index in [1.165, 1.54) is 6.33 Å². The number of carbonyl (C=O) groups is 1. The lowest BCUT2D eigenvalue weighted by atomic mass is 9.83. The number of rotatable bonds is 4. The number of aromatic nitrogens is 3. The summed E-state index contributed by atoms with van der Waals surface area (Å²) in [6, 6.07) is 0. The molecule has 88 valence electrons. The molecular weight excluding hydrogens is 210 g/mol. The van der Waals surface area contributed by atoms with Gasteiger partial charge in [-0.2, -0.15) is 5.10 Å². The molecule has 0 saturated carbocycles. The molecule has 0 radical (unpaired) electrons. The summed E-state index contributed by atoms with van der Waals surface area (Å²) in [5.41, 5.74) is -0.819. The first-order valence-corrected chi connectivity index (χ1v) is 5.36. The number of hydrogen-bond donors (Lipinski definition) is 1. The molecule has 1 fully saturated rings. The number of aliphatic carboxylic acids is 1. The quantitative estimate of drug-likeness (QED) is 0.799. The third-order valence-corrected chi connectivity index (χ3v) is 3.05. The fraction of sp³-hybridized carbons (Fsp3) is 0.700. The maximum Gasteiger partial charge on any atom is 0.312 e. The van der Waals surface area contributed by atoms with Gasteiger partial charge in [-0.15, -0.1) is 0 Å². The molecule has 1 unspecified atom stereocenters. The molecule has 6 heteroatoms. The van der Waals surface area contributed by atoms with Crippen LogP contribution in [-0.4, -0.2) is 39.1 Å². The van der Waals surface area contributed by atoms with Crippen LogP contribution in [0, 0.1) is 5.41 Å². The van der Waals surface area contributed by atoms with Crippen molar-refractivity contribution in [1.29, 1.82) is 0 Å². The summed E-state index contributed by atoms with van der Waals surface area (Å²) in [5, 5.41) is 13.3. The van der Waals surface area contributed by atoms with Gasteiger partial charge >= 0.3 is 5.97 Å². The second-order valence-electron chi connectivity index (χ2n) is 4.06. The second-order valence-corrected chi connectivity index (χ2v) is 4.06. The van der Waals surface area contributed by atoms with Gasteiger partial charge in [-0.05, 0) is 13.3 Å².